The maximum atomic E-state index is 6.04. The molecule has 2 rings (SSSR count). The Hall–Kier alpha value is -1.10. The molecule has 1 aromatic carbocycles. The quantitative estimate of drug-likeness (QED) is 0.929. The third-order valence-corrected chi connectivity index (χ3v) is 3.14. The van der Waals surface area contributed by atoms with Gasteiger partial charge in [-0.1, -0.05) is 33.6 Å². The Morgan fingerprint density at radius 1 is 1.28 bits per heavy atom. The van der Waals surface area contributed by atoms with Crippen molar-refractivity contribution in [2.45, 2.75) is 6.42 Å². The highest BCUT2D eigenvalue weighted by Gasteiger charge is 2.05. The molecule has 0 unspecified atom stereocenters. The lowest BCUT2D eigenvalue weighted by Gasteiger charge is -2.07. The van der Waals surface area contributed by atoms with Gasteiger partial charge in [0.15, 0.2) is 0 Å². The van der Waals surface area contributed by atoms with Crippen LogP contribution in [0.15, 0.2) is 41.0 Å². The number of rotatable bonds is 4. The molecule has 2 aromatic rings. The summed E-state index contributed by atoms with van der Waals surface area (Å²) in [5.41, 5.74) is 6.57. The van der Waals surface area contributed by atoms with Gasteiger partial charge in [-0.25, -0.2) is 4.98 Å². The number of aromatic nitrogens is 1. The molecule has 0 aliphatic rings. The maximum Gasteiger partial charge on any atom is 0.219 e. The number of halogens is 2. The second-order valence-corrected chi connectivity index (χ2v) is 5.04. The molecule has 2 N–H and O–H groups in total. The Kier molecular flexibility index (Phi) is 4.58. The first kappa shape index (κ1) is 13.3. The van der Waals surface area contributed by atoms with E-state index in [1.807, 2.05) is 18.2 Å². The van der Waals surface area contributed by atoms with Crippen LogP contribution in [0.1, 0.15) is 5.56 Å². The zero-order chi connectivity index (χ0) is 13.0. The molecule has 0 radical (unpaired) electrons. The first-order chi connectivity index (χ1) is 8.69. The fourth-order valence-electron chi connectivity index (χ4n) is 1.45. The van der Waals surface area contributed by atoms with Crippen molar-refractivity contribution in [3.8, 4) is 11.6 Å². The topological polar surface area (TPSA) is 48.1 Å². The largest absolute Gasteiger partial charge is 0.437 e. The SMILES string of the molecule is NCCc1ccc(Oc2cc(Br)ccc2Cl)nc1. The minimum absolute atomic E-state index is 0.510. The molecule has 0 aliphatic heterocycles. The predicted octanol–water partition coefficient (Wildman–Crippen LogP) is 3.79. The van der Waals surface area contributed by atoms with E-state index < -0.39 is 0 Å². The average molecular weight is 328 g/mol. The van der Waals surface area contributed by atoms with E-state index in [0.29, 0.717) is 23.2 Å². The van der Waals surface area contributed by atoms with Crippen molar-refractivity contribution < 1.29 is 4.74 Å². The second-order valence-electron chi connectivity index (χ2n) is 3.72. The second kappa shape index (κ2) is 6.18. The molecule has 0 atom stereocenters. The molecule has 0 aliphatic carbocycles. The van der Waals surface area contributed by atoms with Crippen molar-refractivity contribution in [3.63, 3.8) is 0 Å². The summed E-state index contributed by atoms with van der Waals surface area (Å²) in [6.07, 6.45) is 2.57. The molecule has 0 bridgehead atoms. The van der Waals surface area contributed by atoms with Gasteiger partial charge < -0.3 is 10.5 Å². The number of nitrogens with two attached hydrogens (primary N) is 1. The minimum atomic E-state index is 0.510. The Morgan fingerprint density at radius 3 is 2.78 bits per heavy atom. The summed E-state index contributed by atoms with van der Waals surface area (Å²) in [4.78, 5) is 4.21. The lowest BCUT2D eigenvalue weighted by atomic mass is 10.2. The van der Waals surface area contributed by atoms with Gasteiger partial charge in [-0.2, -0.15) is 0 Å². The van der Waals surface area contributed by atoms with Gasteiger partial charge in [0.05, 0.1) is 5.02 Å². The number of pyridine rings is 1. The van der Waals surface area contributed by atoms with Crippen LogP contribution in [0, 0.1) is 0 Å². The molecular formula is C13H12BrClN2O. The van der Waals surface area contributed by atoms with E-state index in [1.54, 1.807) is 18.3 Å². The molecule has 3 nitrogen and oxygen atoms in total. The van der Waals surface area contributed by atoms with E-state index in [4.69, 9.17) is 22.1 Å². The first-order valence-electron chi connectivity index (χ1n) is 5.47. The van der Waals surface area contributed by atoms with Gasteiger partial charge in [-0.15, -0.1) is 0 Å². The van der Waals surface area contributed by atoms with E-state index in [9.17, 15) is 0 Å². The van der Waals surface area contributed by atoms with Crippen molar-refractivity contribution in [2.75, 3.05) is 6.54 Å². The van der Waals surface area contributed by atoms with Crippen molar-refractivity contribution in [3.05, 3.63) is 51.6 Å². The van der Waals surface area contributed by atoms with E-state index in [0.717, 1.165) is 16.5 Å². The highest BCUT2D eigenvalue weighted by molar-refractivity contribution is 9.10. The highest BCUT2D eigenvalue weighted by atomic mass is 79.9. The fraction of sp³-hybridized carbons (Fsp3) is 0.154. The Morgan fingerprint density at radius 2 is 2.11 bits per heavy atom. The van der Waals surface area contributed by atoms with Crippen LogP contribution in [0.25, 0.3) is 0 Å². The lowest BCUT2D eigenvalue weighted by Crippen LogP contribution is -2.02. The van der Waals surface area contributed by atoms with Crippen LogP contribution in [0.2, 0.25) is 5.02 Å². The molecule has 0 spiro atoms. The Balaban J connectivity index is 2.15. The van der Waals surface area contributed by atoms with Crippen molar-refractivity contribution >= 4 is 27.5 Å². The molecule has 94 valence electrons. The summed E-state index contributed by atoms with van der Waals surface area (Å²) in [6.45, 7) is 0.610. The van der Waals surface area contributed by atoms with Crippen LogP contribution >= 0.6 is 27.5 Å². The van der Waals surface area contributed by atoms with Gasteiger partial charge in [-0.05, 0) is 36.7 Å². The van der Waals surface area contributed by atoms with Crippen LogP contribution in [-0.4, -0.2) is 11.5 Å². The highest BCUT2D eigenvalue weighted by Crippen LogP contribution is 2.31. The first-order valence-corrected chi connectivity index (χ1v) is 6.64. The molecule has 0 saturated heterocycles. The Labute approximate surface area is 119 Å². The third kappa shape index (κ3) is 3.45. The zero-order valence-electron chi connectivity index (χ0n) is 9.57. The lowest BCUT2D eigenvalue weighted by molar-refractivity contribution is 0.462. The van der Waals surface area contributed by atoms with Crippen molar-refractivity contribution in [1.29, 1.82) is 0 Å². The van der Waals surface area contributed by atoms with Gasteiger partial charge in [0.25, 0.3) is 0 Å². The summed E-state index contributed by atoms with van der Waals surface area (Å²) in [7, 11) is 0. The molecule has 1 aromatic heterocycles. The Bertz CT molecular complexity index is 531. The smallest absolute Gasteiger partial charge is 0.219 e. The molecule has 0 saturated carbocycles. The van der Waals surface area contributed by atoms with Gasteiger partial charge in [0.2, 0.25) is 5.88 Å². The normalized spacial score (nSPS) is 10.4. The maximum absolute atomic E-state index is 6.04. The summed E-state index contributed by atoms with van der Waals surface area (Å²) < 4.78 is 6.52. The van der Waals surface area contributed by atoms with Crippen LogP contribution in [0.4, 0.5) is 0 Å². The van der Waals surface area contributed by atoms with E-state index in [2.05, 4.69) is 20.9 Å². The number of hydrogen-bond donors (Lipinski definition) is 1. The monoisotopic (exact) mass is 326 g/mol. The van der Waals surface area contributed by atoms with Crippen LogP contribution < -0.4 is 10.5 Å². The molecule has 1 heterocycles. The summed E-state index contributed by atoms with van der Waals surface area (Å²) in [5, 5.41) is 0.547. The molecule has 0 fully saturated rings. The molecule has 5 heteroatoms. The fourth-order valence-corrected chi connectivity index (χ4v) is 1.95. The average Bonchev–Trinajstić information content (AvgIpc) is 2.37. The minimum Gasteiger partial charge on any atom is -0.437 e. The van der Waals surface area contributed by atoms with Crippen molar-refractivity contribution in [2.24, 2.45) is 5.73 Å². The van der Waals surface area contributed by atoms with Gasteiger partial charge in [0, 0.05) is 16.7 Å². The number of benzene rings is 1. The molecular weight excluding hydrogens is 316 g/mol. The summed E-state index contributed by atoms with van der Waals surface area (Å²) >= 11 is 9.41. The number of nitrogens with zero attached hydrogens (tertiary/aromatic N) is 1. The van der Waals surface area contributed by atoms with Gasteiger partial charge in [0.1, 0.15) is 5.75 Å². The van der Waals surface area contributed by atoms with E-state index >= 15 is 0 Å². The summed E-state index contributed by atoms with van der Waals surface area (Å²) in [5.74, 6) is 1.08. The number of ether oxygens (including phenoxy) is 1. The van der Waals surface area contributed by atoms with Crippen LogP contribution in [-0.2, 0) is 6.42 Å². The van der Waals surface area contributed by atoms with Crippen LogP contribution in [0.5, 0.6) is 11.6 Å². The standard InChI is InChI=1S/C13H12BrClN2O/c14-10-2-3-11(15)12(7-10)18-13-4-1-9(5-6-16)8-17-13/h1-4,7-8H,5-6,16H2. The molecule has 0 amide bonds. The van der Waals surface area contributed by atoms with Crippen molar-refractivity contribution in [1.82, 2.24) is 4.98 Å². The summed E-state index contributed by atoms with van der Waals surface area (Å²) in [6, 6.07) is 9.18. The molecule has 18 heavy (non-hydrogen) atoms. The predicted molar refractivity (Wildman–Crippen MR) is 76.2 cm³/mol. The van der Waals surface area contributed by atoms with E-state index in [-0.39, 0.29) is 0 Å². The van der Waals surface area contributed by atoms with E-state index in [1.165, 1.54) is 0 Å². The van der Waals surface area contributed by atoms with Gasteiger partial charge in [-0.3, -0.25) is 0 Å². The van der Waals surface area contributed by atoms with Crippen LogP contribution in [0.3, 0.4) is 0 Å². The zero-order valence-corrected chi connectivity index (χ0v) is 11.9. The number of hydrogen-bond acceptors (Lipinski definition) is 3. The van der Waals surface area contributed by atoms with Gasteiger partial charge >= 0.3 is 0 Å². The third-order valence-electron chi connectivity index (χ3n) is 2.34.